The summed E-state index contributed by atoms with van der Waals surface area (Å²) in [5.41, 5.74) is 8.17. The van der Waals surface area contributed by atoms with Gasteiger partial charge in [-0.05, 0) is 37.4 Å². The number of hydrogen-bond donors (Lipinski definition) is 2. The molecule has 0 bridgehead atoms. The summed E-state index contributed by atoms with van der Waals surface area (Å²) >= 11 is 0. The van der Waals surface area contributed by atoms with E-state index in [4.69, 9.17) is 5.73 Å². The summed E-state index contributed by atoms with van der Waals surface area (Å²) in [6.07, 6.45) is 6.66. The smallest absolute Gasteiger partial charge is 0.0150 e. The number of nitrogens with one attached hydrogen (secondary N) is 1. The summed E-state index contributed by atoms with van der Waals surface area (Å²) in [6, 6.07) is 2.25. The quantitative estimate of drug-likeness (QED) is 0.688. The highest BCUT2D eigenvalue weighted by Gasteiger charge is 1.96. The fraction of sp³-hybridized carbons (Fsp3) is 0.600. The maximum absolute atomic E-state index is 5.43. The summed E-state index contributed by atoms with van der Waals surface area (Å²) in [5.74, 6) is 0. The van der Waals surface area contributed by atoms with Crippen molar-refractivity contribution in [2.75, 3.05) is 6.54 Å². The molecule has 0 radical (unpaired) electrons. The molecule has 0 amide bonds. The molecule has 0 aliphatic rings. The van der Waals surface area contributed by atoms with Crippen LogP contribution in [-0.2, 0) is 12.8 Å². The van der Waals surface area contributed by atoms with Gasteiger partial charge in [0.05, 0.1) is 0 Å². The molecule has 0 aliphatic carbocycles. The van der Waals surface area contributed by atoms with E-state index in [0.29, 0.717) is 0 Å². The van der Waals surface area contributed by atoms with E-state index >= 15 is 0 Å². The zero-order chi connectivity index (χ0) is 8.81. The van der Waals surface area contributed by atoms with Crippen LogP contribution < -0.4 is 5.73 Å². The van der Waals surface area contributed by atoms with E-state index in [0.717, 1.165) is 19.4 Å². The molecule has 0 spiro atoms. The Bertz CT molecular complexity index is 215. The largest absolute Gasteiger partial charge is 0.365 e. The van der Waals surface area contributed by atoms with Crippen molar-refractivity contribution in [3.8, 4) is 0 Å². The molecular weight excluding hydrogens is 148 g/mol. The van der Waals surface area contributed by atoms with Crippen LogP contribution in [0.3, 0.4) is 0 Å². The lowest BCUT2D eigenvalue weighted by Crippen LogP contribution is -2.00. The third-order valence-electron chi connectivity index (χ3n) is 1.99. The minimum absolute atomic E-state index is 0.780. The van der Waals surface area contributed by atoms with Gasteiger partial charge in [-0.2, -0.15) is 0 Å². The van der Waals surface area contributed by atoms with Crippen molar-refractivity contribution in [1.82, 2.24) is 4.98 Å². The Balaban J connectivity index is 2.41. The fourth-order valence-corrected chi connectivity index (χ4v) is 1.36. The number of nitrogens with two attached hydrogens (primary N) is 1. The van der Waals surface area contributed by atoms with Gasteiger partial charge in [-0.15, -0.1) is 0 Å². The highest BCUT2D eigenvalue weighted by molar-refractivity contribution is 5.16. The molecule has 1 aromatic heterocycles. The van der Waals surface area contributed by atoms with Crippen molar-refractivity contribution in [2.45, 2.75) is 32.6 Å². The van der Waals surface area contributed by atoms with Crippen LogP contribution in [-0.4, -0.2) is 11.5 Å². The lowest BCUT2D eigenvalue weighted by molar-refractivity contribution is 0.815. The number of hydrogen-bond acceptors (Lipinski definition) is 1. The van der Waals surface area contributed by atoms with Crippen LogP contribution in [0.5, 0.6) is 0 Å². The Morgan fingerprint density at radius 2 is 2.25 bits per heavy atom. The van der Waals surface area contributed by atoms with Crippen LogP contribution >= 0.6 is 0 Å². The number of rotatable bonds is 5. The van der Waals surface area contributed by atoms with Crippen LogP contribution in [0.1, 0.15) is 31.0 Å². The molecule has 12 heavy (non-hydrogen) atoms. The predicted octanol–water partition coefficient (Wildman–Crippen LogP) is 1.86. The SMILES string of the molecule is CCCc1c[nH]c(CCCN)c1. The molecule has 0 atom stereocenters. The Labute approximate surface area is 74.2 Å². The van der Waals surface area contributed by atoms with E-state index < -0.39 is 0 Å². The van der Waals surface area contributed by atoms with Gasteiger partial charge in [0.2, 0.25) is 0 Å². The summed E-state index contributed by atoms with van der Waals surface area (Å²) in [5, 5.41) is 0. The second kappa shape index (κ2) is 4.99. The number of aromatic nitrogens is 1. The molecule has 1 rings (SSSR count). The average molecular weight is 166 g/mol. The average Bonchev–Trinajstić information content (AvgIpc) is 2.50. The van der Waals surface area contributed by atoms with Gasteiger partial charge in [-0.25, -0.2) is 0 Å². The van der Waals surface area contributed by atoms with E-state index in [2.05, 4.69) is 24.2 Å². The number of aryl methyl sites for hydroxylation is 2. The molecule has 2 heteroatoms. The molecule has 0 unspecified atom stereocenters. The van der Waals surface area contributed by atoms with E-state index in [1.54, 1.807) is 0 Å². The molecule has 3 N–H and O–H groups in total. The van der Waals surface area contributed by atoms with Crippen LogP contribution in [0.4, 0.5) is 0 Å². The van der Waals surface area contributed by atoms with Gasteiger partial charge in [0, 0.05) is 11.9 Å². The second-order valence-corrected chi connectivity index (χ2v) is 3.18. The number of aromatic amines is 1. The third-order valence-corrected chi connectivity index (χ3v) is 1.99. The van der Waals surface area contributed by atoms with Crippen molar-refractivity contribution in [1.29, 1.82) is 0 Å². The highest BCUT2D eigenvalue weighted by atomic mass is 14.7. The van der Waals surface area contributed by atoms with Crippen LogP contribution in [0.25, 0.3) is 0 Å². The van der Waals surface area contributed by atoms with Gasteiger partial charge in [-0.1, -0.05) is 13.3 Å². The third kappa shape index (κ3) is 2.70. The van der Waals surface area contributed by atoms with Gasteiger partial charge in [0.15, 0.2) is 0 Å². The summed E-state index contributed by atoms with van der Waals surface area (Å²) in [6.45, 7) is 2.98. The maximum atomic E-state index is 5.43. The Kier molecular flexibility index (Phi) is 3.88. The van der Waals surface area contributed by atoms with Gasteiger partial charge < -0.3 is 10.7 Å². The lowest BCUT2D eigenvalue weighted by Gasteiger charge is -1.93. The predicted molar refractivity (Wildman–Crippen MR) is 52.2 cm³/mol. The monoisotopic (exact) mass is 166 g/mol. The molecule has 68 valence electrons. The molecule has 2 nitrogen and oxygen atoms in total. The van der Waals surface area contributed by atoms with Crippen LogP contribution in [0.2, 0.25) is 0 Å². The molecule has 1 heterocycles. The normalized spacial score (nSPS) is 10.5. The minimum atomic E-state index is 0.780. The second-order valence-electron chi connectivity index (χ2n) is 3.18. The Morgan fingerprint density at radius 3 is 2.92 bits per heavy atom. The molecule has 0 saturated heterocycles. The lowest BCUT2D eigenvalue weighted by atomic mass is 10.1. The van der Waals surface area contributed by atoms with Gasteiger partial charge in [0.25, 0.3) is 0 Å². The summed E-state index contributed by atoms with van der Waals surface area (Å²) in [7, 11) is 0. The minimum Gasteiger partial charge on any atom is -0.365 e. The first-order valence-corrected chi connectivity index (χ1v) is 4.73. The van der Waals surface area contributed by atoms with Gasteiger partial charge in [-0.3, -0.25) is 0 Å². The van der Waals surface area contributed by atoms with Crippen molar-refractivity contribution in [3.05, 3.63) is 23.5 Å². The maximum Gasteiger partial charge on any atom is 0.0150 e. The molecule has 0 fully saturated rings. The first-order chi connectivity index (χ1) is 5.86. The van der Waals surface area contributed by atoms with Crippen molar-refractivity contribution in [3.63, 3.8) is 0 Å². The standard InChI is InChI=1S/C10H18N2/c1-2-4-9-7-10(12-8-9)5-3-6-11/h7-8,12H,2-6,11H2,1H3. The highest BCUT2D eigenvalue weighted by Crippen LogP contribution is 2.07. The molecule has 1 aromatic rings. The van der Waals surface area contributed by atoms with Crippen LogP contribution in [0, 0.1) is 0 Å². The molecule has 0 saturated carbocycles. The van der Waals surface area contributed by atoms with Gasteiger partial charge >= 0.3 is 0 Å². The van der Waals surface area contributed by atoms with Crippen molar-refractivity contribution < 1.29 is 0 Å². The van der Waals surface area contributed by atoms with E-state index in [-0.39, 0.29) is 0 Å². The zero-order valence-electron chi connectivity index (χ0n) is 7.77. The molecular formula is C10H18N2. The Hall–Kier alpha value is -0.760. The number of H-pyrrole nitrogens is 1. The van der Waals surface area contributed by atoms with Gasteiger partial charge in [0.1, 0.15) is 0 Å². The Morgan fingerprint density at radius 1 is 1.42 bits per heavy atom. The van der Waals surface area contributed by atoms with E-state index in [1.807, 2.05) is 0 Å². The first-order valence-electron chi connectivity index (χ1n) is 4.73. The molecule has 0 aromatic carbocycles. The van der Waals surface area contributed by atoms with Crippen LogP contribution in [0.15, 0.2) is 12.3 Å². The molecule has 0 aliphatic heterocycles. The first kappa shape index (κ1) is 9.33. The summed E-state index contributed by atoms with van der Waals surface area (Å²) < 4.78 is 0. The van der Waals surface area contributed by atoms with E-state index in [1.165, 1.54) is 24.1 Å². The van der Waals surface area contributed by atoms with Crippen molar-refractivity contribution in [2.24, 2.45) is 5.73 Å². The fourth-order valence-electron chi connectivity index (χ4n) is 1.36. The van der Waals surface area contributed by atoms with E-state index in [9.17, 15) is 0 Å². The summed E-state index contributed by atoms with van der Waals surface area (Å²) in [4.78, 5) is 3.27. The zero-order valence-corrected chi connectivity index (χ0v) is 7.77. The topological polar surface area (TPSA) is 41.8 Å². The van der Waals surface area contributed by atoms with Crippen molar-refractivity contribution >= 4 is 0 Å².